The summed E-state index contributed by atoms with van der Waals surface area (Å²) in [6.07, 6.45) is 4.00. The number of carbonyl (C=O) groups excluding carboxylic acids is 2. The first kappa shape index (κ1) is 23.4. The van der Waals surface area contributed by atoms with Crippen LogP contribution in [0.2, 0.25) is 0 Å². The van der Waals surface area contributed by atoms with Gasteiger partial charge in [-0.15, -0.1) is 0 Å². The molecule has 0 aromatic heterocycles. The molecule has 0 atom stereocenters. The second kappa shape index (κ2) is 8.91. The number of hydrogen-bond donors (Lipinski definition) is 2. The van der Waals surface area contributed by atoms with Crippen molar-refractivity contribution in [1.82, 2.24) is 14.9 Å². The second-order valence-electron chi connectivity index (χ2n) is 9.99. The zero-order valence-corrected chi connectivity index (χ0v) is 20.1. The Bertz CT molecular complexity index is 1130. The van der Waals surface area contributed by atoms with Crippen LogP contribution in [0.15, 0.2) is 53.4 Å². The first-order valence-corrected chi connectivity index (χ1v) is 12.8. The number of carbonyl (C=O) groups is 2. The monoisotopic (exact) mass is 469 g/mol. The predicted octanol–water partition coefficient (Wildman–Crippen LogP) is 3.46. The van der Waals surface area contributed by atoms with Gasteiger partial charge in [-0.05, 0) is 88.4 Å². The van der Waals surface area contributed by atoms with Gasteiger partial charge in [-0.2, -0.15) is 0 Å². The quantitative estimate of drug-likeness (QED) is 0.619. The number of sulfonamides is 1. The lowest BCUT2D eigenvalue weighted by atomic mass is 10.1. The number of amides is 2. The van der Waals surface area contributed by atoms with Crippen LogP contribution in [-0.4, -0.2) is 42.8 Å². The van der Waals surface area contributed by atoms with Gasteiger partial charge in [-0.3, -0.25) is 9.59 Å². The molecule has 33 heavy (non-hydrogen) atoms. The molecule has 2 fully saturated rings. The van der Waals surface area contributed by atoms with Crippen LogP contribution in [-0.2, 0) is 16.6 Å². The van der Waals surface area contributed by atoms with Gasteiger partial charge in [-0.1, -0.05) is 12.1 Å². The summed E-state index contributed by atoms with van der Waals surface area (Å²) in [5.74, 6) is -0.184. The van der Waals surface area contributed by atoms with Crippen LogP contribution < -0.4 is 10.0 Å². The van der Waals surface area contributed by atoms with Crippen molar-refractivity contribution in [3.05, 3.63) is 65.2 Å². The molecule has 4 rings (SSSR count). The molecule has 2 saturated carbocycles. The maximum absolute atomic E-state index is 13.2. The molecule has 2 aliphatic carbocycles. The number of benzene rings is 2. The normalized spacial score (nSPS) is 16.3. The number of nitrogens with one attached hydrogen (secondary N) is 2. The number of nitrogens with zero attached hydrogens (tertiary/aromatic N) is 1. The summed E-state index contributed by atoms with van der Waals surface area (Å²) in [7, 11) is -3.66. The van der Waals surface area contributed by atoms with Gasteiger partial charge in [0, 0.05) is 35.3 Å². The Morgan fingerprint density at radius 1 is 0.909 bits per heavy atom. The lowest BCUT2D eigenvalue weighted by Crippen LogP contribution is -2.40. The van der Waals surface area contributed by atoms with Crippen molar-refractivity contribution in [2.24, 2.45) is 0 Å². The largest absolute Gasteiger partial charge is 0.349 e. The van der Waals surface area contributed by atoms with E-state index in [4.69, 9.17) is 0 Å². The van der Waals surface area contributed by atoms with Gasteiger partial charge in [0.25, 0.3) is 11.8 Å². The van der Waals surface area contributed by atoms with E-state index < -0.39 is 15.6 Å². The minimum atomic E-state index is -3.66. The lowest BCUT2D eigenvalue weighted by molar-refractivity contribution is 0.0729. The molecule has 8 heteroatoms. The summed E-state index contributed by atoms with van der Waals surface area (Å²) >= 11 is 0. The third-order valence-corrected chi connectivity index (χ3v) is 7.36. The number of rotatable bonds is 8. The summed E-state index contributed by atoms with van der Waals surface area (Å²) in [4.78, 5) is 27.4. The molecule has 0 saturated heterocycles. The van der Waals surface area contributed by atoms with Crippen molar-refractivity contribution in [3.63, 3.8) is 0 Å². The maximum Gasteiger partial charge on any atom is 0.254 e. The highest BCUT2D eigenvalue weighted by molar-refractivity contribution is 7.89. The lowest BCUT2D eigenvalue weighted by Gasteiger charge is -2.23. The number of hydrogen-bond acceptors (Lipinski definition) is 4. The summed E-state index contributed by atoms with van der Waals surface area (Å²) < 4.78 is 27.7. The van der Waals surface area contributed by atoms with E-state index in [-0.39, 0.29) is 22.8 Å². The van der Waals surface area contributed by atoms with Crippen LogP contribution in [0.5, 0.6) is 0 Å². The molecule has 7 nitrogen and oxygen atoms in total. The van der Waals surface area contributed by atoms with Gasteiger partial charge in [0.1, 0.15) is 0 Å². The Balaban J connectivity index is 1.45. The molecule has 2 aromatic carbocycles. The molecular formula is C25H31N3O4S. The van der Waals surface area contributed by atoms with Crippen molar-refractivity contribution in [2.75, 3.05) is 0 Å². The van der Waals surface area contributed by atoms with Gasteiger partial charge in [-0.25, -0.2) is 13.1 Å². The minimum Gasteiger partial charge on any atom is -0.349 e. The highest BCUT2D eigenvalue weighted by Crippen LogP contribution is 2.30. The topological polar surface area (TPSA) is 95.6 Å². The zero-order valence-electron chi connectivity index (χ0n) is 19.3. The first-order valence-electron chi connectivity index (χ1n) is 11.4. The van der Waals surface area contributed by atoms with Crippen molar-refractivity contribution in [3.8, 4) is 0 Å². The van der Waals surface area contributed by atoms with Gasteiger partial charge in [0.2, 0.25) is 10.0 Å². The smallest absolute Gasteiger partial charge is 0.254 e. The highest BCUT2D eigenvalue weighted by Gasteiger charge is 2.33. The second-order valence-corrected chi connectivity index (χ2v) is 11.7. The molecular weight excluding hydrogens is 438 g/mol. The minimum absolute atomic E-state index is 0.0600. The van der Waals surface area contributed by atoms with Crippen molar-refractivity contribution in [2.45, 2.75) is 75.5 Å². The van der Waals surface area contributed by atoms with Crippen molar-refractivity contribution < 1.29 is 18.0 Å². The van der Waals surface area contributed by atoms with Gasteiger partial charge in [0.15, 0.2) is 0 Å². The molecule has 2 N–H and O–H groups in total. The van der Waals surface area contributed by atoms with E-state index in [0.717, 1.165) is 31.2 Å². The molecule has 0 unspecified atom stereocenters. The third-order valence-electron chi connectivity index (χ3n) is 5.58. The molecule has 0 bridgehead atoms. The summed E-state index contributed by atoms with van der Waals surface area (Å²) in [5.41, 5.74) is 1.43. The van der Waals surface area contributed by atoms with Crippen molar-refractivity contribution in [1.29, 1.82) is 0 Å². The van der Waals surface area contributed by atoms with E-state index >= 15 is 0 Å². The van der Waals surface area contributed by atoms with E-state index in [0.29, 0.717) is 23.7 Å². The van der Waals surface area contributed by atoms with E-state index in [1.54, 1.807) is 45.0 Å². The molecule has 2 aromatic rings. The van der Waals surface area contributed by atoms with Crippen molar-refractivity contribution >= 4 is 21.8 Å². The third kappa shape index (κ3) is 6.21. The standard InChI is InChI=1S/C25H31N3O4S/c1-25(2,3)27-33(31,32)22-14-8-19(9-15-22)24(30)28(21-12-13-21)16-17-4-6-18(7-5-17)23(29)26-20-10-11-20/h4-9,14-15,20-21,27H,10-13,16H2,1-3H3,(H,26,29). The van der Waals surface area contributed by atoms with Gasteiger partial charge in [0.05, 0.1) is 4.90 Å². The molecule has 176 valence electrons. The average molecular weight is 470 g/mol. The average Bonchev–Trinajstić information content (AvgIpc) is 3.65. The molecule has 2 aliphatic rings. The SMILES string of the molecule is CC(C)(C)NS(=O)(=O)c1ccc(C(=O)N(Cc2ccc(C(=O)NC3CC3)cc2)C2CC2)cc1. The Hall–Kier alpha value is -2.71. The van der Waals surface area contributed by atoms with Gasteiger partial charge >= 0.3 is 0 Å². The molecule has 0 aliphatic heterocycles. The fourth-order valence-corrected chi connectivity index (χ4v) is 5.03. The predicted molar refractivity (Wildman–Crippen MR) is 126 cm³/mol. The van der Waals surface area contributed by atoms with Crippen LogP contribution in [0.25, 0.3) is 0 Å². The Morgan fingerprint density at radius 3 is 2.00 bits per heavy atom. The van der Waals surface area contributed by atoms with E-state index in [1.165, 1.54) is 12.1 Å². The molecule has 0 radical (unpaired) electrons. The molecule has 0 spiro atoms. The first-order chi connectivity index (χ1) is 15.5. The Morgan fingerprint density at radius 2 is 1.48 bits per heavy atom. The van der Waals surface area contributed by atoms with E-state index in [9.17, 15) is 18.0 Å². The molecule has 0 heterocycles. The maximum atomic E-state index is 13.2. The van der Waals surface area contributed by atoms with Crippen LogP contribution in [0.4, 0.5) is 0 Å². The summed E-state index contributed by atoms with van der Waals surface area (Å²) in [6.45, 7) is 5.78. The highest BCUT2D eigenvalue weighted by atomic mass is 32.2. The Labute approximate surface area is 195 Å². The fourth-order valence-electron chi connectivity index (χ4n) is 3.61. The summed E-state index contributed by atoms with van der Waals surface area (Å²) in [6, 6.07) is 13.9. The van der Waals surface area contributed by atoms with Crippen LogP contribution >= 0.6 is 0 Å². The summed E-state index contributed by atoms with van der Waals surface area (Å²) in [5, 5.41) is 2.97. The zero-order chi connectivity index (χ0) is 23.8. The van der Waals surface area contributed by atoms with Gasteiger partial charge < -0.3 is 10.2 Å². The van der Waals surface area contributed by atoms with E-state index in [1.807, 2.05) is 17.0 Å². The van der Waals surface area contributed by atoms with Crippen LogP contribution in [0, 0.1) is 0 Å². The Kier molecular flexibility index (Phi) is 6.33. The fraction of sp³-hybridized carbons (Fsp3) is 0.440. The van der Waals surface area contributed by atoms with Crippen LogP contribution in [0.3, 0.4) is 0 Å². The van der Waals surface area contributed by atoms with Crippen LogP contribution in [0.1, 0.15) is 72.7 Å². The molecule has 2 amide bonds. The van der Waals surface area contributed by atoms with E-state index in [2.05, 4.69) is 10.0 Å².